The summed E-state index contributed by atoms with van der Waals surface area (Å²) in [4.78, 5) is 24.0. The van der Waals surface area contributed by atoms with Crippen molar-refractivity contribution in [1.82, 2.24) is 9.62 Å². The molecule has 2 rings (SSSR count). The van der Waals surface area contributed by atoms with Crippen LogP contribution in [-0.4, -0.2) is 45.3 Å². The van der Waals surface area contributed by atoms with E-state index in [4.69, 9.17) is 4.74 Å². The maximum atomic E-state index is 12.3. The van der Waals surface area contributed by atoms with Gasteiger partial charge in [0, 0.05) is 27.1 Å². The van der Waals surface area contributed by atoms with Crippen LogP contribution in [0, 0.1) is 5.92 Å². The SMILES string of the molecule is CN(C)S(=O)(=O)c1ccccc1CNC(=O)COC(=O)CC1CCCCC1. The van der Waals surface area contributed by atoms with Crippen molar-refractivity contribution < 1.29 is 22.7 Å². The third-order valence-corrected chi connectivity index (χ3v) is 6.67. The minimum absolute atomic E-state index is 0.0439. The molecule has 0 aliphatic heterocycles. The zero-order chi connectivity index (χ0) is 19.9. The molecule has 0 spiro atoms. The highest BCUT2D eigenvalue weighted by atomic mass is 32.2. The fourth-order valence-electron chi connectivity index (χ4n) is 3.17. The molecule has 1 aliphatic rings. The van der Waals surface area contributed by atoms with Gasteiger partial charge in [-0.1, -0.05) is 37.5 Å². The molecule has 8 heteroatoms. The first-order valence-corrected chi connectivity index (χ1v) is 10.7. The number of ether oxygens (including phenoxy) is 1. The number of sulfonamides is 1. The van der Waals surface area contributed by atoms with Crippen molar-refractivity contribution >= 4 is 21.9 Å². The van der Waals surface area contributed by atoms with Crippen LogP contribution in [-0.2, 0) is 30.9 Å². The second kappa shape index (κ2) is 9.85. The first-order valence-electron chi connectivity index (χ1n) is 9.23. The molecule has 0 aromatic heterocycles. The molecule has 1 aromatic rings. The highest BCUT2D eigenvalue weighted by Crippen LogP contribution is 2.26. The number of nitrogens with one attached hydrogen (secondary N) is 1. The lowest BCUT2D eigenvalue weighted by Crippen LogP contribution is -2.30. The highest BCUT2D eigenvalue weighted by molar-refractivity contribution is 7.89. The number of hydrogen-bond acceptors (Lipinski definition) is 5. The van der Waals surface area contributed by atoms with E-state index in [1.807, 2.05) is 0 Å². The Morgan fingerprint density at radius 2 is 1.81 bits per heavy atom. The molecule has 7 nitrogen and oxygen atoms in total. The van der Waals surface area contributed by atoms with Crippen LogP contribution in [0.2, 0.25) is 0 Å². The number of carbonyl (C=O) groups excluding carboxylic acids is 2. The van der Waals surface area contributed by atoms with Crippen LogP contribution in [0.3, 0.4) is 0 Å². The van der Waals surface area contributed by atoms with Crippen LogP contribution in [0.4, 0.5) is 0 Å². The van der Waals surface area contributed by atoms with E-state index in [-0.39, 0.29) is 24.0 Å². The van der Waals surface area contributed by atoms with Crippen LogP contribution >= 0.6 is 0 Å². The third kappa shape index (κ3) is 6.32. The summed E-state index contributed by atoms with van der Waals surface area (Å²) in [6.07, 6.45) is 5.95. The van der Waals surface area contributed by atoms with E-state index in [0.29, 0.717) is 17.9 Å². The number of rotatable bonds is 8. The fourth-order valence-corrected chi connectivity index (χ4v) is 4.29. The summed E-state index contributed by atoms with van der Waals surface area (Å²) in [5.41, 5.74) is 0.480. The van der Waals surface area contributed by atoms with Crippen LogP contribution in [0.15, 0.2) is 29.2 Å². The van der Waals surface area contributed by atoms with Gasteiger partial charge in [-0.25, -0.2) is 12.7 Å². The molecule has 0 unspecified atom stereocenters. The lowest BCUT2D eigenvalue weighted by molar-refractivity contribution is -0.149. The zero-order valence-corrected chi connectivity index (χ0v) is 16.8. The standard InChI is InChI=1S/C19H28N2O5S/c1-21(2)27(24,25)17-11-7-6-10-16(17)13-20-18(22)14-26-19(23)12-15-8-4-3-5-9-15/h6-7,10-11,15H,3-5,8-9,12-14H2,1-2H3,(H,20,22). The zero-order valence-electron chi connectivity index (χ0n) is 15.9. The molecule has 0 atom stereocenters. The topological polar surface area (TPSA) is 92.8 Å². The maximum absolute atomic E-state index is 12.3. The van der Waals surface area contributed by atoms with Gasteiger partial charge in [-0.2, -0.15) is 0 Å². The predicted molar refractivity (Wildman–Crippen MR) is 101 cm³/mol. The number of carbonyl (C=O) groups is 2. The summed E-state index contributed by atoms with van der Waals surface area (Å²) in [7, 11) is -0.691. The summed E-state index contributed by atoms with van der Waals surface area (Å²) >= 11 is 0. The minimum atomic E-state index is -3.60. The van der Waals surface area contributed by atoms with E-state index in [0.717, 1.165) is 30.0 Å². The first-order chi connectivity index (χ1) is 12.8. The third-order valence-electron chi connectivity index (χ3n) is 4.75. The largest absolute Gasteiger partial charge is 0.456 e. The second-order valence-corrected chi connectivity index (χ2v) is 9.16. The van der Waals surface area contributed by atoms with Crippen LogP contribution in [0.1, 0.15) is 44.1 Å². The predicted octanol–water partition coefficient (Wildman–Crippen LogP) is 2.07. The van der Waals surface area contributed by atoms with E-state index in [1.54, 1.807) is 18.2 Å². The Balaban J connectivity index is 1.83. The lowest BCUT2D eigenvalue weighted by Gasteiger charge is -2.20. The molecule has 1 N–H and O–H groups in total. The van der Waals surface area contributed by atoms with Crippen LogP contribution < -0.4 is 5.32 Å². The smallest absolute Gasteiger partial charge is 0.306 e. The second-order valence-electron chi connectivity index (χ2n) is 7.04. The van der Waals surface area contributed by atoms with Crippen molar-refractivity contribution in [3.63, 3.8) is 0 Å². The Morgan fingerprint density at radius 3 is 2.48 bits per heavy atom. The molecule has 0 saturated heterocycles. The fraction of sp³-hybridized carbons (Fsp3) is 0.579. The van der Waals surface area contributed by atoms with Gasteiger partial charge in [-0.15, -0.1) is 0 Å². The van der Waals surface area contributed by atoms with E-state index < -0.39 is 15.9 Å². The number of nitrogens with zero attached hydrogens (tertiary/aromatic N) is 1. The molecule has 1 aromatic carbocycles. The Hall–Kier alpha value is -1.93. The molecule has 1 amide bonds. The quantitative estimate of drug-likeness (QED) is 0.679. The Morgan fingerprint density at radius 1 is 1.15 bits per heavy atom. The number of esters is 1. The van der Waals surface area contributed by atoms with Gasteiger partial charge in [0.15, 0.2) is 6.61 Å². The molecule has 150 valence electrons. The molecule has 1 saturated carbocycles. The summed E-state index contributed by atoms with van der Waals surface area (Å²) in [5.74, 6) is -0.450. The van der Waals surface area contributed by atoms with E-state index in [9.17, 15) is 18.0 Å². The summed E-state index contributed by atoms with van der Waals surface area (Å²) < 4.78 is 30.9. The lowest BCUT2D eigenvalue weighted by atomic mass is 9.87. The van der Waals surface area contributed by atoms with Crippen molar-refractivity contribution in [2.45, 2.75) is 50.0 Å². The summed E-state index contributed by atoms with van der Waals surface area (Å²) in [5, 5.41) is 2.61. The van der Waals surface area contributed by atoms with Crippen molar-refractivity contribution in [2.75, 3.05) is 20.7 Å². The van der Waals surface area contributed by atoms with Gasteiger partial charge in [-0.3, -0.25) is 9.59 Å². The van der Waals surface area contributed by atoms with Gasteiger partial charge in [-0.05, 0) is 30.4 Å². The maximum Gasteiger partial charge on any atom is 0.306 e. The number of hydrogen-bond donors (Lipinski definition) is 1. The van der Waals surface area contributed by atoms with Gasteiger partial charge in [0.05, 0.1) is 4.90 Å². The molecule has 1 aliphatic carbocycles. The van der Waals surface area contributed by atoms with Crippen molar-refractivity contribution in [1.29, 1.82) is 0 Å². The van der Waals surface area contributed by atoms with Gasteiger partial charge in [0.2, 0.25) is 10.0 Å². The molecular weight excluding hydrogens is 368 g/mol. The van der Waals surface area contributed by atoms with Crippen molar-refractivity contribution in [3.8, 4) is 0 Å². The van der Waals surface area contributed by atoms with E-state index >= 15 is 0 Å². The Bertz CT molecular complexity index is 755. The molecule has 0 heterocycles. The monoisotopic (exact) mass is 396 g/mol. The van der Waals surface area contributed by atoms with E-state index in [2.05, 4.69) is 5.32 Å². The normalized spacial score (nSPS) is 15.5. The summed E-state index contributed by atoms with van der Waals surface area (Å²) in [6.45, 7) is -0.309. The van der Waals surface area contributed by atoms with Crippen LogP contribution in [0.25, 0.3) is 0 Å². The molecule has 0 radical (unpaired) electrons. The van der Waals surface area contributed by atoms with Crippen molar-refractivity contribution in [3.05, 3.63) is 29.8 Å². The molecule has 1 fully saturated rings. The van der Waals surface area contributed by atoms with Gasteiger partial charge in [0.25, 0.3) is 5.91 Å². The van der Waals surface area contributed by atoms with Gasteiger partial charge < -0.3 is 10.1 Å². The molecule has 27 heavy (non-hydrogen) atoms. The molecular formula is C19H28N2O5S. The summed E-state index contributed by atoms with van der Waals surface area (Å²) in [6, 6.07) is 6.49. The number of amides is 1. The average molecular weight is 397 g/mol. The first kappa shape index (κ1) is 21.4. The molecule has 0 bridgehead atoms. The Kier molecular flexibility index (Phi) is 7.79. The van der Waals surface area contributed by atoms with Crippen molar-refractivity contribution in [2.24, 2.45) is 5.92 Å². The minimum Gasteiger partial charge on any atom is -0.456 e. The van der Waals surface area contributed by atoms with Gasteiger partial charge in [0.1, 0.15) is 0 Å². The Labute approximate surface area is 161 Å². The van der Waals surface area contributed by atoms with Crippen LogP contribution in [0.5, 0.6) is 0 Å². The average Bonchev–Trinajstić information content (AvgIpc) is 2.65. The van der Waals surface area contributed by atoms with E-state index in [1.165, 1.54) is 26.6 Å². The highest BCUT2D eigenvalue weighted by Gasteiger charge is 2.21. The number of benzene rings is 1. The van der Waals surface area contributed by atoms with Gasteiger partial charge >= 0.3 is 5.97 Å².